The summed E-state index contributed by atoms with van der Waals surface area (Å²) in [7, 11) is 0. The van der Waals surface area contributed by atoms with Crippen LogP contribution in [0.3, 0.4) is 0 Å². The zero-order valence-corrected chi connectivity index (χ0v) is 11.3. The molecule has 0 bridgehead atoms. The maximum absolute atomic E-state index is 9.17. The molecule has 0 aliphatic rings. The van der Waals surface area contributed by atoms with Gasteiger partial charge in [0.05, 0.1) is 0 Å². The summed E-state index contributed by atoms with van der Waals surface area (Å²) in [4.78, 5) is 0. The van der Waals surface area contributed by atoms with Crippen LogP contribution in [-0.4, -0.2) is 10.2 Å². The van der Waals surface area contributed by atoms with Gasteiger partial charge in [0.2, 0.25) is 5.14 Å². The molecule has 1 radical (unpaired) electrons. The van der Waals surface area contributed by atoms with Crippen LogP contribution < -0.4 is 5.46 Å². The zero-order chi connectivity index (χ0) is 12.1. The van der Waals surface area contributed by atoms with Gasteiger partial charge in [0.15, 0.2) is 0 Å². The predicted octanol–water partition coefficient (Wildman–Crippen LogP) is 3.24. The second-order valence-electron chi connectivity index (χ2n) is 3.70. The molecule has 0 fully saturated rings. The van der Waals surface area contributed by atoms with E-state index in [0.29, 0.717) is 5.75 Å². The van der Waals surface area contributed by atoms with E-state index in [1.807, 2.05) is 23.3 Å². The van der Waals surface area contributed by atoms with E-state index in [1.54, 1.807) is 12.1 Å². The molecule has 2 aromatic rings. The third kappa shape index (κ3) is 3.63. The van der Waals surface area contributed by atoms with Crippen molar-refractivity contribution in [1.82, 2.24) is 0 Å². The van der Waals surface area contributed by atoms with Crippen molar-refractivity contribution in [3.8, 4) is 5.75 Å². The Kier molecular flexibility index (Phi) is 4.26. The maximum atomic E-state index is 9.17. The molecule has 0 atom stereocenters. The van der Waals surface area contributed by atoms with Gasteiger partial charge in [-0.05, 0) is 23.3 Å². The Bertz CT molecular complexity index is 503. The summed E-state index contributed by atoms with van der Waals surface area (Å²) in [6.07, 6.45) is 4.09. The molecule has 17 heavy (non-hydrogen) atoms. The van der Waals surface area contributed by atoms with Crippen molar-refractivity contribution in [1.29, 1.82) is 0 Å². The van der Waals surface area contributed by atoms with Gasteiger partial charge in [-0.3, -0.25) is 0 Å². The van der Waals surface area contributed by atoms with Gasteiger partial charge in [0.25, 0.3) is 0 Å². The summed E-state index contributed by atoms with van der Waals surface area (Å²) in [6, 6.07) is 15.5. The van der Waals surface area contributed by atoms with Gasteiger partial charge in [-0.15, -0.1) is 0 Å². The molecule has 0 aliphatic carbocycles. The maximum Gasteiger partial charge on any atom is 0.237 e. The third-order valence-corrected chi connectivity index (χ3v) is 3.14. The Morgan fingerprint density at radius 2 is 1.29 bits per heavy atom. The van der Waals surface area contributed by atoms with Crippen LogP contribution in [0.5, 0.6) is 5.75 Å². The van der Waals surface area contributed by atoms with E-state index in [-0.39, 0.29) is 0 Å². The summed E-state index contributed by atoms with van der Waals surface area (Å²) in [6.45, 7) is 0. The molecule has 1 N–H and O–H groups in total. The molecule has 0 saturated carbocycles. The normalized spacial score (nSPS) is 10.6. The van der Waals surface area contributed by atoms with Gasteiger partial charge >= 0.3 is 0 Å². The van der Waals surface area contributed by atoms with Crippen molar-refractivity contribution in [3.63, 3.8) is 0 Å². The number of phenolic OH excluding ortho intramolecular Hbond substituents is 1. The Labute approximate surface area is 115 Å². The Balaban J connectivity index is 2.11. The van der Waals surface area contributed by atoms with E-state index in [4.69, 9.17) is 0 Å². The van der Waals surface area contributed by atoms with Crippen LogP contribution in [0.25, 0.3) is 12.2 Å². The van der Waals surface area contributed by atoms with Crippen LogP contribution in [0.4, 0.5) is 0 Å². The number of hydrogen-bond acceptors (Lipinski definition) is 1. The molecule has 0 aliphatic heterocycles. The molecule has 0 aromatic heterocycles. The molecule has 0 unspecified atom stereocenters. The second kappa shape index (κ2) is 5.91. The molecule has 2 aromatic carbocycles. The highest BCUT2D eigenvalue weighted by Crippen LogP contribution is 2.12. The van der Waals surface area contributed by atoms with E-state index in [1.165, 1.54) is 11.0 Å². The van der Waals surface area contributed by atoms with Crippen LogP contribution in [0.2, 0.25) is 0 Å². The average molecular weight is 333 g/mol. The molecule has 0 amide bonds. The van der Waals surface area contributed by atoms with Crippen molar-refractivity contribution in [2.24, 2.45) is 0 Å². The molecular weight excluding hydrogens is 322 g/mol. The summed E-state index contributed by atoms with van der Waals surface area (Å²) in [5.41, 5.74) is 3.46. The molecule has 2 rings (SSSR count). The number of aromatic hydroxyl groups is 1. The minimum atomic E-state index is 0.295. The van der Waals surface area contributed by atoms with Crippen molar-refractivity contribution in [2.75, 3.05) is 0 Å². The Hall–Kier alpha value is -1.23. The van der Waals surface area contributed by atoms with Crippen LogP contribution in [0.15, 0.2) is 48.5 Å². The lowest BCUT2D eigenvalue weighted by atomic mass is 9.95. The van der Waals surface area contributed by atoms with Gasteiger partial charge in [-0.25, -0.2) is 0 Å². The first-order valence-corrected chi connectivity index (χ1v) is 6.53. The van der Waals surface area contributed by atoms with E-state index in [0.717, 1.165) is 5.56 Å². The van der Waals surface area contributed by atoms with E-state index >= 15 is 0 Å². The van der Waals surface area contributed by atoms with Gasteiger partial charge in [-0.2, -0.15) is 22.4 Å². The van der Waals surface area contributed by atoms with E-state index < -0.39 is 0 Å². The fourth-order valence-electron chi connectivity index (χ4n) is 1.46. The van der Waals surface area contributed by atoms with Crippen molar-refractivity contribution >= 4 is 45.1 Å². The molecule has 0 spiro atoms. The van der Waals surface area contributed by atoms with Gasteiger partial charge in [-0.1, -0.05) is 54.0 Å². The topological polar surface area (TPSA) is 20.2 Å². The lowest BCUT2D eigenvalue weighted by molar-refractivity contribution is 0.475. The smallest absolute Gasteiger partial charge is 0.237 e. The average Bonchev–Trinajstić information content (AvgIpc) is 2.39. The Morgan fingerprint density at radius 3 is 1.76 bits per heavy atom. The van der Waals surface area contributed by atoms with Gasteiger partial charge in [0, 0.05) is 0 Å². The summed E-state index contributed by atoms with van der Waals surface area (Å²) in [5, 5.41) is 11.2. The van der Waals surface area contributed by atoms with Crippen LogP contribution in [0, 0.1) is 0 Å². The van der Waals surface area contributed by atoms with Crippen molar-refractivity contribution in [3.05, 3.63) is 59.7 Å². The fraction of sp³-hybridized carbons (Fsp3) is 0. The monoisotopic (exact) mass is 333 g/mol. The molecule has 0 heterocycles. The molecule has 0 saturated heterocycles. The molecule has 1 nitrogen and oxygen atoms in total. The number of phenols is 1. The first-order chi connectivity index (χ1) is 8.28. The lowest BCUT2D eigenvalue weighted by Gasteiger charge is -1.97. The number of hydrogen-bond donors (Lipinski definition) is 1. The summed E-state index contributed by atoms with van der Waals surface area (Å²) in [5.74, 6) is 0.295. The minimum absolute atomic E-state index is 0.295. The third-order valence-electron chi connectivity index (χ3n) is 2.42. The Morgan fingerprint density at radius 1 is 0.824 bits per heavy atom. The largest absolute Gasteiger partial charge is 0.508 e. The van der Waals surface area contributed by atoms with E-state index in [2.05, 4.69) is 52.7 Å². The fourth-order valence-corrected chi connectivity index (χ4v) is 1.87. The van der Waals surface area contributed by atoms with Crippen LogP contribution in [0.1, 0.15) is 11.1 Å². The number of benzene rings is 2. The van der Waals surface area contributed by atoms with Crippen LogP contribution >= 0.6 is 22.4 Å². The SMILES string of the molecule is Oc1ccc(/C=C/c2ccc([B]I)cc2)cc1. The predicted molar refractivity (Wildman–Crippen MR) is 82.9 cm³/mol. The molecule has 83 valence electrons. The molecular formula is C14H11BIO. The van der Waals surface area contributed by atoms with E-state index in [9.17, 15) is 5.11 Å². The molecule has 3 heteroatoms. The zero-order valence-electron chi connectivity index (χ0n) is 9.18. The van der Waals surface area contributed by atoms with Crippen molar-refractivity contribution < 1.29 is 5.11 Å². The first-order valence-electron chi connectivity index (χ1n) is 5.28. The van der Waals surface area contributed by atoms with Gasteiger partial charge < -0.3 is 5.11 Å². The van der Waals surface area contributed by atoms with Crippen LogP contribution in [-0.2, 0) is 0 Å². The summed E-state index contributed by atoms with van der Waals surface area (Å²) >= 11 is 2.23. The number of halogens is 1. The van der Waals surface area contributed by atoms with Crippen molar-refractivity contribution in [2.45, 2.75) is 0 Å². The standard InChI is InChI=1S/C14H11BIO/c16-15-13-7-3-11(4-8-13)1-2-12-5-9-14(17)10-6-12/h1-10,17H/b2-1+. The minimum Gasteiger partial charge on any atom is -0.508 e. The highest BCUT2D eigenvalue weighted by molar-refractivity contribution is 14.1. The highest BCUT2D eigenvalue weighted by Gasteiger charge is 1.92. The van der Waals surface area contributed by atoms with Gasteiger partial charge in [0.1, 0.15) is 5.75 Å². The quantitative estimate of drug-likeness (QED) is 0.520. The summed E-state index contributed by atoms with van der Waals surface area (Å²) < 4.78 is 0. The highest BCUT2D eigenvalue weighted by atomic mass is 127. The number of rotatable bonds is 3. The first kappa shape index (κ1) is 12.2. The lowest BCUT2D eigenvalue weighted by Crippen LogP contribution is -2.06. The second-order valence-corrected chi connectivity index (χ2v) is 4.32.